The summed E-state index contributed by atoms with van der Waals surface area (Å²) in [4.78, 5) is 25.2. The Balaban J connectivity index is 1.54. The molecule has 1 fully saturated rings. The molecule has 7 heteroatoms. The van der Waals surface area contributed by atoms with Crippen LogP contribution >= 0.6 is 0 Å². The molecule has 178 valence electrons. The molecule has 6 rings (SSSR count). The van der Waals surface area contributed by atoms with E-state index in [-0.39, 0.29) is 5.54 Å². The molecular formula is C29H26N6O. The largest absolute Gasteiger partial charge is 0.383 e. The van der Waals surface area contributed by atoms with Gasteiger partial charge in [0.2, 0.25) is 0 Å². The summed E-state index contributed by atoms with van der Waals surface area (Å²) in [6.45, 7) is 0. The molecule has 0 unspecified atom stereocenters. The summed E-state index contributed by atoms with van der Waals surface area (Å²) in [6, 6.07) is 23.9. The van der Waals surface area contributed by atoms with Crippen LogP contribution < -0.4 is 11.5 Å². The third-order valence-electron chi connectivity index (χ3n) is 7.07. The van der Waals surface area contributed by atoms with E-state index < -0.39 is 0 Å². The lowest BCUT2D eigenvalue weighted by Gasteiger charge is -2.38. The number of nitrogens with two attached hydrogens (primary N) is 2. The maximum Gasteiger partial charge on any atom is 0.165 e. The molecule has 1 aliphatic carbocycles. The van der Waals surface area contributed by atoms with Crippen LogP contribution in [0.4, 0.5) is 5.82 Å². The predicted octanol–water partition coefficient (Wildman–Crippen LogP) is 4.81. The van der Waals surface area contributed by atoms with Gasteiger partial charge in [-0.15, -0.1) is 0 Å². The van der Waals surface area contributed by atoms with Crippen LogP contribution in [-0.2, 0) is 16.8 Å². The van der Waals surface area contributed by atoms with Crippen LogP contribution in [0.5, 0.6) is 0 Å². The number of pyridine rings is 2. The minimum absolute atomic E-state index is 0.232. The van der Waals surface area contributed by atoms with E-state index in [2.05, 4.69) is 29.2 Å². The molecule has 1 saturated carbocycles. The summed E-state index contributed by atoms with van der Waals surface area (Å²) in [5, 5.41) is 0. The fraction of sp³-hybridized carbons (Fsp3) is 0.172. The van der Waals surface area contributed by atoms with Crippen LogP contribution in [0, 0.1) is 0 Å². The van der Waals surface area contributed by atoms with E-state index in [4.69, 9.17) is 21.4 Å². The van der Waals surface area contributed by atoms with Gasteiger partial charge in [0, 0.05) is 29.4 Å². The highest BCUT2D eigenvalue weighted by molar-refractivity contribution is 5.84. The summed E-state index contributed by atoms with van der Waals surface area (Å²) in [5.74, 6) is 1.08. The minimum atomic E-state index is -0.232. The van der Waals surface area contributed by atoms with Crippen molar-refractivity contribution in [2.45, 2.75) is 31.2 Å². The lowest BCUT2D eigenvalue weighted by atomic mass is 9.73. The number of nitrogen functional groups attached to an aromatic ring is 1. The first kappa shape index (κ1) is 22.1. The minimum Gasteiger partial charge on any atom is -0.383 e. The van der Waals surface area contributed by atoms with Gasteiger partial charge in [-0.1, -0.05) is 30.3 Å². The monoisotopic (exact) mass is 474 g/mol. The summed E-state index contributed by atoms with van der Waals surface area (Å²) in [5.41, 5.74) is 19.6. The molecule has 4 N–H and O–H groups in total. The van der Waals surface area contributed by atoms with Crippen molar-refractivity contribution in [2.75, 3.05) is 5.73 Å². The van der Waals surface area contributed by atoms with Crippen molar-refractivity contribution in [3.05, 3.63) is 90.1 Å². The van der Waals surface area contributed by atoms with Gasteiger partial charge in [0.05, 0.1) is 11.3 Å². The normalized spacial score (nSPS) is 14.5. The average molecular weight is 475 g/mol. The third-order valence-corrected chi connectivity index (χ3v) is 7.07. The Bertz CT molecular complexity index is 1580. The van der Waals surface area contributed by atoms with Crippen molar-refractivity contribution >= 4 is 23.3 Å². The van der Waals surface area contributed by atoms with Crippen molar-refractivity contribution in [2.24, 2.45) is 5.73 Å². The van der Waals surface area contributed by atoms with Gasteiger partial charge in [-0.05, 0) is 72.9 Å². The number of anilines is 1. The number of carbonyl (C=O) groups is 1. The van der Waals surface area contributed by atoms with Gasteiger partial charge in [0.15, 0.2) is 11.5 Å². The molecular weight excluding hydrogens is 448 g/mol. The number of aldehydes is 1. The highest BCUT2D eigenvalue weighted by atomic mass is 16.1. The van der Waals surface area contributed by atoms with E-state index in [1.807, 2.05) is 53.1 Å². The molecule has 0 amide bonds. The van der Waals surface area contributed by atoms with Crippen molar-refractivity contribution in [3.8, 4) is 28.3 Å². The van der Waals surface area contributed by atoms with E-state index in [1.54, 1.807) is 6.20 Å². The zero-order chi connectivity index (χ0) is 24.7. The van der Waals surface area contributed by atoms with E-state index in [0.717, 1.165) is 64.7 Å². The van der Waals surface area contributed by atoms with Gasteiger partial charge in [-0.2, -0.15) is 0 Å². The smallest absolute Gasteiger partial charge is 0.165 e. The topological polar surface area (TPSA) is 113 Å². The molecule has 2 aromatic carbocycles. The van der Waals surface area contributed by atoms with Crippen LogP contribution in [0.15, 0.2) is 79.0 Å². The van der Waals surface area contributed by atoms with Crippen LogP contribution in [-0.4, -0.2) is 25.8 Å². The first-order chi connectivity index (χ1) is 17.6. The van der Waals surface area contributed by atoms with Gasteiger partial charge in [-0.25, -0.2) is 15.0 Å². The molecule has 3 heterocycles. The van der Waals surface area contributed by atoms with Crippen LogP contribution in [0.3, 0.4) is 0 Å². The van der Waals surface area contributed by atoms with Gasteiger partial charge >= 0.3 is 0 Å². The zero-order valence-corrected chi connectivity index (χ0v) is 19.8. The summed E-state index contributed by atoms with van der Waals surface area (Å²) >= 11 is 0. The zero-order valence-electron chi connectivity index (χ0n) is 19.8. The fourth-order valence-electron chi connectivity index (χ4n) is 4.89. The molecule has 0 spiro atoms. The van der Waals surface area contributed by atoms with E-state index in [0.29, 0.717) is 23.7 Å². The Hall–Kier alpha value is -4.36. The molecule has 0 atom stereocenters. The second kappa shape index (κ2) is 8.70. The highest BCUT2D eigenvalue weighted by Crippen LogP contribution is 2.39. The van der Waals surface area contributed by atoms with Crippen LogP contribution in [0.1, 0.15) is 30.4 Å². The summed E-state index contributed by atoms with van der Waals surface area (Å²) < 4.78 is 2.02. The second-order valence-electron chi connectivity index (χ2n) is 9.37. The number of benzene rings is 2. The number of imidazole rings is 1. The molecule has 1 aliphatic rings. The van der Waals surface area contributed by atoms with Crippen molar-refractivity contribution in [3.63, 3.8) is 0 Å². The number of rotatable bonds is 6. The van der Waals surface area contributed by atoms with Crippen molar-refractivity contribution in [1.82, 2.24) is 19.5 Å². The van der Waals surface area contributed by atoms with Gasteiger partial charge in [0.1, 0.15) is 17.6 Å². The number of carbonyl (C=O) groups excluding carboxylic acids is 1. The van der Waals surface area contributed by atoms with E-state index >= 15 is 0 Å². The van der Waals surface area contributed by atoms with Gasteiger partial charge < -0.3 is 16.3 Å². The third kappa shape index (κ3) is 3.74. The van der Waals surface area contributed by atoms with Crippen LogP contribution in [0.2, 0.25) is 0 Å². The molecule has 3 aromatic heterocycles. The van der Waals surface area contributed by atoms with Gasteiger partial charge in [-0.3, -0.25) is 4.57 Å². The number of fused-ring (bicyclic) bond motifs is 1. The molecule has 0 aliphatic heterocycles. The molecule has 5 aromatic rings. The Morgan fingerprint density at radius 3 is 2.53 bits per heavy atom. The van der Waals surface area contributed by atoms with E-state index in [1.165, 1.54) is 0 Å². The van der Waals surface area contributed by atoms with Crippen molar-refractivity contribution in [1.29, 1.82) is 0 Å². The lowest BCUT2D eigenvalue weighted by molar-refractivity contribution is -0.107. The highest BCUT2D eigenvalue weighted by Gasteiger charge is 2.34. The van der Waals surface area contributed by atoms with Crippen LogP contribution in [0.25, 0.3) is 39.5 Å². The molecule has 7 nitrogen and oxygen atoms in total. The number of aromatic nitrogens is 4. The first-order valence-corrected chi connectivity index (χ1v) is 12.1. The SMILES string of the molecule is Nc1ncccc1-c1nc2ccc(-c3cccc(CC=O)c3)nc2n1-c1ccc(C2(N)CCC2)cc1. The number of hydrogen-bond donors (Lipinski definition) is 2. The Kier molecular flexibility index (Phi) is 5.34. The summed E-state index contributed by atoms with van der Waals surface area (Å²) in [6.07, 6.45) is 6.12. The standard InChI is InChI=1S/C29H26N6O/c30-26-23(6-2-16-32-26)27-34-25-12-11-24(20-5-1-4-19(18-20)13-17-36)33-28(25)35(27)22-9-7-21(8-10-22)29(31)14-3-15-29/h1-2,4-12,16-18H,3,13-15,31H2,(H2,30,32). The quantitative estimate of drug-likeness (QED) is 0.342. The lowest BCUT2D eigenvalue weighted by Crippen LogP contribution is -2.43. The Morgan fingerprint density at radius 1 is 0.972 bits per heavy atom. The number of hydrogen-bond acceptors (Lipinski definition) is 6. The van der Waals surface area contributed by atoms with Crippen molar-refractivity contribution < 1.29 is 4.79 Å². The summed E-state index contributed by atoms with van der Waals surface area (Å²) in [7, 11) is 0. The number of nitrogens with zero attached hydrogens (tertiary/aromatic N) is 4. The fourth-order valence-corrected chi connectivity index (χ4v) is 4.89. The Labute approximate surface area is 208 Å². The maximum atomic E-state index is 11.0. The molecule has 0 bridgehead atoms. The Morgan fingerprint density at radius 2 is 1.81 bits per heavy atom. The average Bonchev–Trinajstić information content (AvgIpc) is 3.26. The molecule has 36 heavy (non-hydrogen) atoms. The molecule has 0 radical (unpaired) electrons. The first-order valence-electron chi connectivity index (χ1n) is 12.1. The van der Waals surface area contributed by atoms with Gasteiger partial charge in [0.25, 0.3) is 0 Å². The van der Waals surface area contributed by atoms with E-state index in [9.17, 15) is 4.79 Å². The predicted molar refractivity (Wildman–Crippen MR) is 141 cm³/mol. The second-order valence-corrected chi connectivity index (χ2v) is 9.37. The maximum absolute atomic E-state index is 11.0. The molecule has 0 saturated heterocycles.